The van der Waals surface area contributed by atoms with Gasteiger partial charge in [-0.1, -0.05) is 32.0 Å². The van der Waals surface area contributed by atoms with Crippen LogP contribution in [0.25, 0.3) is 0 Å². The average molecular weight is 499 g/mol. The van der Waals surface area contributed by atoms with Crippen molar-refractivity contribution in [2.75, 3.05) is 19.6 Å². The molecule has 6 heteroatoms. The van der Waals surface area contributed by atoms with E-state index in [0.717, 1.165) is 50.8 Å². The maximum atomic E-state index is 14.5. The molecule has 1 saturated heterocycles. The second-order valence-electron chi connectivity index (χ2n) is 11.4. The van der Waals surface area contributed by atoms with Gasteiger partial charge in [-0.2, -0.15) is 0 Å². The summed E-state index contributed by atoms with van der Waals surface area (Å²) < 4.78 is 41.0. The zero-order valence-electron chi connectivity index (χ0n) is 21.4. The molecule has 1 amide bonds. The van der Waals surface area contributed by atoms with Gasteiger partial charge in [0.1, 0.15) is 18.3 Å². The molecule has 0 aromatic heterocycles. The monoisotopic (exact) mass is 498 g/mol. The van der Waals surface area contributed by atoms with Crippen molar-refractivity contribution >= 4 is 5.91 Å². The van der Waals surface area contributed by atoms with Crippen LogP contribution in [0.15, 0.2) is 36.4 Å². The molecule has 2 atom stereocenters. The maximum Gasteiger partial charge on any atom is 0.229 e. The van der Waals surface area contributed by atoms with Crippen LogP contribution < -0.4 is 0 Å². The zero-order chi connectivity index (χ0) is 25.4. The normalized spacial score (nSPS) is 25.4. The number of fused-ring (bicyclic) bond motifs is 1. The molecule has 2 aliphatic heterocycles. The van der Waals surface area contributed by atoms with E-state index in [9.17, 15) is 18.0 Å². The number of benzene rings is 2. The van der Waals surface area contributed by atoms with Crippen LogP contribution in [0, 0.1) is 23.0 Å². The van der Waals surface area contributed by atoms with Gasteiger partial charge in [-0.25, -0.2) is 13.2 Å². The predicted octanol–water partition coefficient (Wildman–Crippen LogP) is 6.39. The van der Waals surface area contributed by atoms with E-state index >= 15 is 0 Å². The van der Waals surface area contributed by atoms with Crippen molar-refractivity contribution < 1.29 is 18.0 Å². The molecule has 1 aliphatic carbocycles. The summed E-state index contributed by atoms with van der Waals surface area (Å²) in [5, 5.41) is 0. The third kappa shape index (κ3) is 4.69. The second-order valence-corrected chi connectivity index (χ2v) is 11.4. The first-order valence-corrected chi connectivity index (χ1v) is 13.5. The lowest BCUT2D eigenvalue weighted by molar-refractivity contribution is -0.146. The van der Waals surface area contributed by atoms with Crippen molar-refractivity contribution in [2.24, 2.45) is 11.3 Å². The van der Waals surface area contributed by atoms with Crippen LogP contribution in [0.2, 0.25) is 0 Å². The summed E-state index contributed by atoms with van der Waals surface area (Å²) in [6, 6.07) is 10.3. The first-order chi connectivity index (χ1) is 17.3. The van der Waals surface area contributed by atoms with E-state index in [4.69, 9.17) is 0 Å². The van der Waals surface area contributed by atoms with Crippen LogP contribution in [0.4, 0.5) is 13.2 Å². The molecule has 0 N–H and O–H groups in total. The summed E-state index contributed by atoms with van der Waals surface area (Å²) in [7, 11) is 0. The van der Waals surface area contributed by atoms with Crippen LogP contribution >= 0.6 is 0 Å². The number of carbonyl (C=O) groups is 1. The fourth-order valence-electron chi connectivity index (χ4n) is 6.93. The zero-order valence-corrected chi connectivity index (χ0v) is 21.4. The van der Waals surface area contributed by atoms with Crippen molar-refractivity contribution in [3.63, 3.8) is 0 Å². The number of amides is 1. The van der Waals surface area contributed by atoms with E-state index in [1.54, 1.807) is 18.2 Å². The molecule has 2 aromatic carbocycles. The van der Waals surface area contributed by atoms with Crippen molar-refractivity contribution in [3.05, 3.63) is 70.3 Å². The van der Waals surface area contributed by atoms with Crippen LogP contribution in [0.1, 0.15) is 74.1 Å². The molecule has 0 bridgehead atoms. The Balaban J connectivity index is 1.26. The molecule has 3 nitrogen and oxygen atoms in total. The lowest BCUT2D eigenvalue weighted by Gasteiger charge is -2.41. The molecule has 1 saturated carbocycles. The predicted molar refractivity (Wildman–Crippen MR) is 135 cm³/mol. The van der Waals surface area contributed by atoms with Crippen LogP contribution in [-0.4, -0.2) is 41.4 Å². The van der Waals surface area contributed by atoms with Crippen LogP contribution in [0.5, 0.6) is 0 Å². The van der Waals surface area contributed by atoms with Gasteiger partial charge in [-0.15, -0.1) is 0 Å². The fourth-order valence-corrected chi connectivity index (χ4v) is 6.93. The number of nitrogens with zero attached hydrogens (tertiary/aromatic N) is 2. The number of alkyl halides is 1. The number of hydrogen-bond donors (Lipinski definition) is 0. The van der Waals surface area contributed by atoms with Gasteiger partial charge in [0.25, 0.3) is 0 Å². The minimum Gasteiger partial charge on any atom is -0.338 e. The highest BCUT2D eigenvalue weighted by Gasteiger charge is 2.50. The molecule has 2 fully saturated rings. The van der Waals surface area contributed by atoms with E-state index in [1.807, 2.05) is 17.0 Å². The highest BCUT2D eigenvalue weighted by Crippen LogP contribution is 2.48. The van der Waals surface area contributed by atoms with Gasteiger partial charge in [0.2, 0.25) is 5.91 Å². The van der Waals surface area contributed by atoms with Gasteiger partial charge in [-0.3, -0.25) is 4.79 Å². The Labute approximate surface area is 212 Å². The number of likely N-dealkylation sites (tertiary alicyclic amines) is 1. The number of rotatable bonds is 5. The molecule has 194 valence electrons. The third-order valence-electron chi connectivity index (χ3n) is 9.22. The van der Waals surface area contributed by atoms with Crippen molar-refractivity contribution in [1.82, 2.24) is 9.80 Å². The van der Waals surface area contributed by atoms with Crippen molar-refractivity contribution in [2.45, 2.75) is 77.6 Å². The largest absolute Gasteiger partial charge is 0.338 e. The molecule has 2 aromatic rings. The summed E-state index contributed by atoms with van der Waals surface area (Å²) in [6.07, 6.45) is 5.32. The average Bonchev–Trinajstić information content (AvgIpc) is 3.35. The smallest absolute Gasteiger partial charge is 0.229 e. The molecular weight excluding hydrogens is 461 g/mol. The Kier molecular flexibility index (Phi) is 7.17. The lowest BCUT2D eigenvalue weighted by atomic mass is 9.73. The summed E-state index contributed by atoms with van der Waals surface area (Å²) >= 11 is 0. The highest BCUT2D eigenvalue weighted by molar-refractivity contribution is 5.84. The quantitative estimate of drug-likeness (QED) is 0.477. The maximum absolute atomic E-state index is 14.5. The first-order valence-electron chi connectivity index (χ1n) is 13.5. The van der Waals surface area contributed by atoms with Gasteiger partial charge in [-0.05, 0) is 104 Å². The summed E-state index contributed by atoms with van der Waals surface area (Å²) in [5.41, 5.74) is 2.52. The molecule has 5 rings (SSSR count). The Morgan fingerprint density at radius 2 is 1.78 bits per heavy atom. The Morgan fingerprint density at radius 3 is 2.44 bits per heavy atom. The minimum absolute atomic E-state index is 0.179. The van der Waals surface area contributed by atoms with E-state index in [2.05, 4.69) is 18.7 Å². The molecule has 36 heavy (non-hydrogen) atoms. The molecule has 0 spiro atoms. The lowest BCUT2D eigenvalue weighted by Crippen LogP contribution is -2.49. The third-order valence-corrected chi connectivity index (χ3v) is 9.22. The fraction of sp³-hybridized carbons (Fsp3) is 0.567. The van der Waals surface area contributed by atoms with Gasteiger partial charge >= 0.3 is 0 Å². The van der Waals surface area contributed by atoms with Crippen LogP contribution in [-0.2, 0) is 24.4 Å². The van der Waals surface area contributed by atoms with Crippen LogP contribution in [0.3, 0.4) is 0 Å². The van der Waals surface area contributed by atoms with Crippen molar-refractivity contribution in [3.8, 4) is 0 Å². The minimum atomic E-state index is -0.701. The Hall–Kier alpha value is -2.34. The summed E-state index contributed by atoms with van der Waals surface area (Å²) in [5.74, 6) is 0.306. The standard InChI is InChI=1S/C30H37F3N2O/c1-20(2)30(29(36)35-14-10-27-24(19-35)15-21(18-31)16-28(27)33)11-7-26(17-30)34-12-8-23(9-13-34)22-3-5-25(32)6-4-22/h3-6,15-16,20,23,26H,7-14,17-19H2,1-2H3. The topological polar surface area (TPSA) is 23.6 Å². The number of halogens is 3. The summed E-state index contributed by atoms with van der Waals surface area (Å²) in [4.78, 5) is 18.5. The SMILES string of the molecule is CC(C)C1(C(=O)N2CCc3c(F)cc(CF)cc3C2)CCC(N2CCC(c3ccc(F)cc3)CC2)C1. The molecular formula is C30H37F3N2O. The van der Waals surface area contributed by atoms with E-state index in [-0.39, 0.29) is 23.5 Å². The van der Waals surface area contributed by atoms with E-state index in [1.165, 1.54) is 11.6 Å². The van der Waals surface area contributed by atoms with Crippen molar-refractivity contribution in [1.29, 1.82) is 0 Å². The number of carbonyl (C=O) groups excluding carboxylic acids is 1. The summed E-state index contributed by atoms with van der Waals surface area (Å²) in [6.45, 7) is 6.48. The van der Waals surface area contributed by atoms with E-state index in [0.29, 0.717) is 42.6 Å². The Bertz CT molecular complexity index is 1090. The number of hydrogen-bond acceptors (Lipinski definition) is 2. The van der Waals surface area contributed by atoms with Gasteiger partial charge < -0.3 is 9.80 Å². The highest BCUT2D eigenvalue weighted by atomic mass is 19.1. The van der Waals surface area contributed by atoms with E-state index < -0.39 is 12.1 Å². The molecule has 0 radical (unpaired) electrons. The first kappa shape index (κ1) is 25.3. The molecule has 2 unspecified atom stereocenters. The second kappa shape index (κ2) is 10.2. The van der Waals surface area contributed by atoms with Gasteiger partial charge in [0, 0.05) is 19.1 Å². The Morgan fingerprint density at radius 1 is 1.06 bits per heavy atom. The van der Waals surface area contributed by atoms with Gasteiger partial charge in [0.15, 0.2) is 0 Å². The number of piperidine rings is 1. The van der Waals surface area contributed by atoms with Gasteiger partial charge in [0.05, 0.1) is 5.41 Å². The molecule has 3 aliphatic rings. The molecule has 2 heterocycles.